The van der Waals surface area contributed by atoms with Gasteiger partial charge in [-0.25, -0.2) is 0 Å². The number of esters is 1. The van der Waals surface area contributed by atoms with Crippen molar-refractivity contribution in [3.05, 3.63) is 35.9 Å². The summed E-state index contributed by atoms with van der Waals surface area (Å²) in [5.74, 6) is 0.00835. The van der Waals surface area contributed by atoms with Crippen molar-refractivity contribution in [1.82, 2.24) is 5.32 Å². The van der Waals surface area contributed by atoms with E-state index in [-0.39, 0.29) is 30.8 Å². The van der Waals surface area contributed by atoms with Crippen LogP contribution in [0.5, 0.6) is 0 Å². The molecule has 114 valence electrons. The zero-order valence-electron chi connectivity index (χ0n) is 12.9. The number of nitrogens with one attached hydrogen (secondary N) is 1. The minimum atomic E-state index is -0.498. The van der Waals surface area contributed by atoms with Crippen molar-refractivity contribution in [3.8, 4) is 0 Å². The van der Waals surface area contributed by atoms with Crippen LogP contribution in [-0.2, 0) is 14.3 Å². The van der Waals surface area contributed by atoms with Gasteiger partial charge in [-0.05, 0) is 32.8 Å². The Labute approximate surface area is 125 Å². The first-order valence-corrected chi connectivity index (χ1v) is 7.41. The van der Waals surface area contributed by atoms with Crippen LogP contribution in [0.4, 0.5) is 0 Å². The molecule has 2 atom stereocenters. The van der Waals surface area contributed by atoms with Crippen molar-refractivity contribution < 1.29 is 14.3 Å². The molecule has 4 heteroatoms. The number of carbonyl (C=O) groups is 2. The molecule has 0 radical (unpaired) electrons. The summed E-state index contributed by atoms with van der Waals surface area (Å²) in [5.41, 5.74) is 0.762. The van der Waals surface area contributed by atoms with Gasteiger partial charge in [0.25, 0.3) is 0 Å². The number of hydrogen-bond acceptors (Lipinski definition) is 3. The summed E-state index contributed by atoms with van der Waals surface area (Å²) in [4.78, 5) is 23.4. The minimum absolute atomic E-state index is 0.0794. The smallest absolute Gasteiger partial charge is 0.306 e. The standard InChI is InChI=1S/C17H23NO3/c1-17(2,3)21-16(20)10-9-15(19)18-14-11-13(14)12-7-5-4-6-8-12/h4-8,13-14H,9-11H2,1-3H3,(H,18,19). The Balaban J connectivity index is 1.69. The topological polar surface area (TPSA) is 55.4 Å². The van der Waals surface area contributed by atoms with Gasteiger partial charge < -0.3 is 10.1 Å². The summed E-state index contributed by atoms with van der Waals surface area (Å²) in [7, 11) is 0. The molecule has 0 heterocycles. The first kappa shape index (κ1) is 15.5. The second-order valence-electron chi connectivity index (χ2n) is 6.51. The van der Waals surface area contributed by atoms with E-state index in [0.29, 0.717) is 5.92 Å². The SMILES string of the molecule is CC(C)(C)OC(=O)CCC(=O)NC1CC1c1ccccc1. The van der Waals surface area contributed by atoms with Crippen LogP contribution in [0.25, 0.3) is 0 Å². The van der Waals surface area contributed by atoms with E-state index in [2.05, 4.69) is 17.4 Å². The highest BCUT2D eigenvalue weighted by Crippen LogP contribution is 2.40. The van der Waals surface area contributed by atoms with Gasteiger partial charge in [0.1, 0.15) is 5.60 Å². The predicted octanol–water partition coefficient (Wildman–Crippen LogP) is 2.78. The van der Waals surface area contributed by atoms with Crippen molar-refractivity contribution in [1.29, 1.82) is 0 Å². The maximum Gasteiger partial charge on any atom is 0.306 e. The first-order chi connectivity index (χ1) is 9.85. The highest BCUT2D eigenvalue weighted by molar-refractivity contribution is 5.82. The quantitative estimate of drug-likeness (QED) is 0.848. The van der Waals surface area contributed by atoms with Crippen LogP contribution in [0.3, 0.4) is 0 Å². The average Bonchev–Trinajstić information content (AvgIpc) is 3.15. The van der Waals surface area contributed by atoms with Gasteiger partial charge in [0.15, 0.2) is 0 Å². The van der Waals surface area contributed by atoms with Gasteiger partial charge in [0.05, 0.1) is 6.42 Å². The van der Waals surface area contributed by atoms with Gasteiger partial charge in [-0.3, -0.25) is 9.59 Å². The van der Waals surface area contributed by atoms with E-state index in [1.807, 2.05) is 39.0 Å². The molecule has 0 spiro atoms. The van der Waals surface area contributed by atoms with Crippen LogP contribution < -0.4 is 5.32 Å². The summed E-state index contributed by atoms with van der Waals surface area (Å²) < 4.78 is 5.18. The zero-order valence-corrected chi connectivity index (χ0v) is 12.9. The molecule has 0 aliphatic heterocycles. The molecular weight excluding hydrogens is 266 g/mol. The van der Waals surface area contributed by atoms with E-state index >= 15 is 0 Å². The summed E-state index contributed by atoms with van der Waals surface area (Å²) in [5, 5.41) is 2.97. The van der Waals surface area contributed by atoms with Crippen LogP contribution in [0, 0.1) is 0 Å². The predicted molar refractivity (Wildman–Crippen MR) is 80.8 cm³/mol. The molecule has 1 saturated carbocycles. The molecule has 1 aliphatic rings. The third kappa shape index (κ3) is 5.21. The lowest BCUT2D eigenvalue weighted by molar-refractivity contribution is -0.155. The molecule has 21 heavy (non-hydrogen) atoms. The van der Waals surface area contributed by atoms with E-state index < -0.39 is 5.60 Å². The molecule has 2 unspecified atom stereocenters. The van der Waals surface area contributed by atoms with Crippen LogP contribution >= 0.6 is 0 Å². The van der Waals surface area contributed by atoms with Crippen molar-refractivity contribution in [2.75, 3.05) is 0 Å². The Morgan fingerprint density at radius 1 is 1.19 bits per heavy atom. The lowest BCUT2D eigenvalue weighted by Crippen LogP contribution is -2.28. The molecule has 0 saturated heterocycles. The Morgan fingerprint density at radius 2 is 1.86 bits per heavy atom. The fraction of sp³-hybridized carbons (Fsp3) is 0.529. The Bertz CT molecular complexity index is 505. The molecule has 0 bridgehead atoms. The van der Waals surface area contributed by atoms with Crippen LogP contribution in [0.2, 0.25) is 0 Å². The molecule has 4 nitrogen and oxygen atoms in total. The van der Waals surface area contributed by atoms with Crippen LogP contribution in [0.15, 0.2) is 30.3 Å². The molecule has 0 aromatic heterocycles. The number of hydrogen-bond donors (Lipinski definition) is 1. The summed E-state index contributed by atoms with van der Waals surface area (Å²) in [6.45, 7) is 5.46. The molecule has 2 rings (SSSR count). The third-order valence-corrected chi connectivity index (χ3v) is 3.34. The Morgan fingerprint density at radius 3 is 2.48 bits per heavy atom. The number of carbonyl (C=O) groups excluding carboxylic acids is 2. The van der Waals surface area contributed by atoms with Gasteiger partial charge in [-0.1, -0.05) is 30.3 Å². The van der Waals surface area contributed by atoms with E-state index in [4.69, 9.17) is 4.74 Å². The number of amides is 1. The fourth-order valence-corrected chi connectivity index (χ4v) is 2.31. The van der Waals surface area contributed by atoms with E-state index in [9.17, 15) is 9.59 Å². The van der Waals surface area contributed by atoms with Gasteiger partial charge in [0, 0.05) is 18.4 Å². The summed E-state index contributed by atoms with van der Waals surface area (Å²) >= 11 is 0. The third-order valence-electron chi connectivity index (χ3n) is 3.34. The molecule has 1 N–H and O–H groups in total. The number of rotatable bonds is 5. The zero-order chi connectivity index (χ0) is 15.5. The van der Waals surface area contributed by atoms with Crippen LogP contribution in [0.1, 0.15) is 51.5 Å². The summed E-state index contributed by atoms with van der Waals surface area (Å²) in [6.07, 6.45) is 1.29. The lowest BCUT2D eigenvalue weighted by atomic mass is 10.1. The molecule has 1 aliphatic carbocycles. The second kappa shape index (κ2) is 6.29. The highest BCUT2D eigenvalue weighted by Gasteiger charge is 2.39. The maximum absolute atomic E-state index is 11.8. The largest absolute Gasteiger partial charge is 0.460 e. The monoisotopic (exact) mass is 289 g/mol. The van der Waals surface area contributed by atoms with Gasteiger partial charge >= 0.3 is 5.97 Å². The molecule has 1 amide bonds. The van der Waals surface area contributed by atoms with E-state index in [0.717, 1.165) is 6.42 Å². The fourth-order valence-electron chi connectivity index (χ4n) is 2.31. The number of benzene rings is 1. The van der Waals surface area contributed by atoms with Crippen LogP contribution in [-0.4, -0.2) is 23.5 Å². The second-order valence-corrected chi connectivity index (χ2v) is 6.51. The molecule has 1 aromatic rings. The first-order valence-electron chi connectivity index (χ1n) is 7.41. The van der Waals surface area contributed by atoms with Crippen molar-refractivity contribution in [2.24, 2.45) is 0 Å². The van der Waals surface area contributed by atoms with Gasteiger partial charge in [0.2, 0.25) is 5.91 Å². The van der Waals surface area contributed by atoms with Gasteiger partial charge in [-0.2, -0.15) is 0 Å². The van der Waals surface area contributed by atoms with E-state index in [1.165, 1.54) is 5.56 Å². The molecule has 1 fully saturated rings. The van der Waals surface area contributed by atoms with Crippen molar-refractivity contribution >= 4 is 11.9 Å². The molecule has 1 aromatic carbocycles. The normalized spacial score (nSPS) is 20.7. The summed E-state index contributed by atoms with van der Waals surface area (Å²) in [6, 6.07) is 10.4. The van der Waals surface area contributed by atoms with E-state index in [1.54, 1.807) is 0 Å². The average molecular weight is 289 g/mol. The maximum atomic E-state index is 11.8. The Kier molecular flexibility index (Phi) is 4.66. The molecular formula is C17H23NO3. The Hall–Kier alpha value is -1.84. The van der Waals surface area contributed by atoms with Crippen molar-refractivity contribution in [3.63, 3.8) is 0 Å². The van der Waals surface area contributed by atoms with Gasteiger partial charge in [-0.15, -0.1) is 0 Å². The van der Waals surface area contributed by atoms with Crippen molar-refractivity contribution in [2.45, 2.75) is 57.6 Å². The highest BCUT2D eigenvalue weighted by atomic mass is 16.6. The number of ether oxygens (including phenoxy) is 1. The minimum Gasteiger partial charge on any atom is -0.460 e. The lowest BCUT2D eigenvalue weighted by Gasteiger charge is -2.19.